The van der Waals surface area contributed by atoms with Gasteiger partial charge in [0.2, 0.25) is 0 Å². The molecular formula is C58H46N2S. The van der Waals surface area contributed by atoms with Gasteiger partial charge in [0.15, 0.2) is 5.82 Å². The van der Waals surface area contributed by atoms with Crippen LogP contribution in [0.4, 0.5) is 0 Å². The molecule has 0 amide bonds. The molecule has 0 unspecified atom stereocenters. The molecule has 61 heavy (non-hydrogen) atoms. The van der Waals surface area contributed by atoms with E-state index < -0.39 is 0 Å². The summed E-state index contributed by atoms with van der Waals surface area (Å²) < 4.78 is 2.36. The molecule has 0 radical (unpaired) electrons. The van der Waals surface area contributed by atoms with Crippen LogP contribution in [0.25, 0.3) is 87.5 Å². The van der Waals surface area contributed by atoms with E-state index in [0.717, 1.165) is 32.9 Å². The van der Waals surface area contributed by atoms with E-state index in [0.29, 0.717) is 0 Å². The second-order valence-electron chi connectivity index (χ2n) is 18.2. The number of aromatic nitrogens is 2. The molecule has 0 bridgehead atoms. The third kappa shape index (κ3) is 5.32. The first kappa shape index (κ1) is 35.6. The van der Waals surface area contributed by atoms with Gasteiger partial charge in [-0.1, -0.05) is 160 Å². The quantitative estimate of drug-likeness (QED) is 0.177. The maximum atomic E-state index is 5.28. The molecule has 2 aromatic heterocycles. The number of rotatable bonds is 4. The topological polar surface area (TPSA) is 25.8 Å². The number of nitrogens with zero attached hydrogens (tertiary/aromatic N) is 2. The Morgan fingerprint density at radius 1 is 0.377 bits per heavy atom. The Morgan fingerprint density at radius 3 is 1.64 bits per heavy atom. The van der Waals surface area contributed by atoms with Crippen LogP contribution in [-0.2, 0) is 10.8 Å². The number of hydrogen-bond donors (Lipinski definition) is 0. The van der Waals surface area contributed by atoms with Gasteiger partial charge in [-0.05, 0) is 129 Å². The smallest absolute Gasteiger partial charge is 0.160 e. The zero-order valence-electron chi connectivity index (χ0n) is 34.4. The van der Waals surface area contributed by atoms with Gasteiger partial charge in [0.25, 0.3) is 0 Å². The summed E-state index contributed by atoms with van der Waals surface area (Å²) in [5.41, 5.74) is 21.7. The van der Waals surface area contributed by atoms with Crippen LogP contribution in [0, 0.1) is 0 Å². The minimum Gasteiger partial charge on any atom is -0.226 e. The Bertz CT molecular complexity index is 3210. The van der Waals surface area contributed by atoms with Crippen molar-refractivity contribution in [1.82, 2.24) is 9.97 Å². The molecule has 4 aliphatic rings. The fourth-order valence-corrected chi connectivity index (χ4v) is 13.4. The minimum atomic E-state index is 0.0746. The Labute approximate surface area is 362 Å². The van der Waals surface area contributed by atoms with Crippen LogP contribution in [0.15, 0.2) is 158 Å². The van der Waals surface area contributed by atoms with Crippen molar-refractivity contribution >= 4 is 31.6 Å². The van der Waals surface area contributed by atoms with E-state index >= 15 is 0 Å². The third-order valence-corrected chi connectivity index (χ3v) is 16.2. The van der Waals surface area contributed by atoms with E-state index in [2.05, 4.69) is 152 Å². The van der Waals surface area contributed by atoms with E-state index in [1.54, 1.807) is 33.6 Å². The molecule has 2 heterocycles. The minimum absolute atomic E-state index is 0.0746. The Balaban J connectivity index is 0.911. The van der Waals surface area contributed by atoms with Gasteiger partial charge in [-0.15, -0.1) is 11.3 Å². The third-order valence-electron chi connectivity index (χ3n) is 15.1. The first-order valence-electron chi connectivity index (χ1n) is 22.6. The fourth-order valence-electron chi connectivity index (χ4n) is 12.2. The second kappa shape index (κ2) is 13.7. The Hall–Kier alpha value is -6.16. The highest BCUT2D eigenvalue weighted by atomic mass is 32.1. The molecule has 0 atom stereocenters. The van der Waals surface area contributed by atoms with Crippen LogP contribution >= 0.6 is 11.3 Å². The highest BCUT2D eigenvalue weighted by Gasteiger charge is 2.49. The maximum absolute atomic E-state index is 5.28. The molecule has 3 heteroatoms. The van der Waals surface area contributed by atoms with E-state index in [1.165, 1.54) is 119 Å². The monoisotopic (exact) mass is 802 g/mol. The van der Waals surface area contributed by atoms with Crippen LogP contribution in [0.3, 0.4) is 0 Å². The predicted octanol–water partition coefficient (Wildman–Crippen LogP) is 16.0. The van der Waals surface area contributed by atoms with Gasteiger partial charge in [0.1, 0.15) is 0 Å². The lowest BCUT2D eigenvalue weighted by molar-refractivity contribution is 0.350. The maximum Gasteiger partial charge on any atom is 0.160 e. The van der Waals surface area contributed by atoms with E-state index in [-0.39, 0.29) is 10.8 Å². The molecule has 294 valence electrons. The molecule has 4 aliphatic carbocycles. The summed E-state index contributed by atoms with van der Waals surface area (Å²) in [5, 5.41) is 1.18. The molecule has 2 spiro atoms. The summed E-state index contributed by atoms with van der Waals surface area (Å²) in [4.78, 5) is 10.4. The number of thiophene rings is 1. The van der Waals surface area contributed by atoms with Gasteiger partial charge in [-0.2, -0.15) is 0 Å². The van der Waals surface area contributed by atoms with Crippen molar-refractivity contribution < 1.29 is 0 Å². The van der Waals surface area contributed by atoms with E-state index in [4.69, 9.17) is 9.97 Å². The van der Waals surface area contributed by atoms with Crippen molar-refractivity contribution in [2.24, 2.45) is 0 Å². The summed E-state index contributed by atoms with van der Waals surface area (Å²) in [5.74, 6) is 0.761. The highest BCUT2D eigenvalue weighted by molar-refractivity contribution is 7.26. The molecule has 13 rings (SSSR count). The van der Waals surface area contributed by atoms with Crippen LogP contribution in [0.1, 0.15) is 86.5 Å². The summed E-state index contributed by atoms with van der Waals surface area (Å²) >= 11 is 1.79. The van der Waals surface area contributed by atoms with Gasteiger partial charge in [-0.3, -0.25) is 0 Å². The Morgan fingerprint density at radius 2 is 0.918 bits per heavy atom. The number of fused-ring (bicyclic) bond motifs is 13. The highest BCUT2D eigenvalue weighted by Crippen LogP contribution is 2.62. The molecule has 0 N–H and O–H groups in total. The zero-order valence-corrected chi connectivity index (χ0v) is 35.2. The van der Waals surface area contributed by atoms with E-state index in [1.807, 2.05) is 6.07 Å². The largest absolute Gasteiger partial charge is 0.226 e. The van der Waals surface area contributed by atoms with Crippen molar-refractivity contribution in [3.05, 3.63) is 180 Å². The second-order valence-corrected chi connectivity index (χ2v) is 19.3. The zero-order chi connectivity index (χ0) is 40.1. The molecule has 2 saturated carbocycles. The summed E-state index contributed by atoms with van der Waals surface area (Å²) in [7, 11) is 0. The first-order chi connectivity index (χ1) is 30.2. The number of benzene rings is 7. The van der Waals surface area contributed by atoms with Crippen LogP contribution < -0.4 is 0 Å². The number of hydrogen-bond acceptors (Lipinski definition) is 3. The fraction of sp³-hybridized carbons (Fsp3) is 0.207. The van der Waals surface area contributed by atoms with Gasteiger partial charge < -0.3 is 0 Å². The lowest BCUT2D eigenvalue weighted by Gasteiger charge is -2.37. The van der Waals surface area contributed by atoms with Gasteiger partial charge in [-0.25, -0.2) is 9.97 Å². The molecule has 0 saturated heterocycles. The summed E-state index contributed by atoms with van der Waals surface area (Å²) in [6, 6.07) is 59.5. The molecular weight excluding hydrogens is 757 g/mol. The lowest BCUT2D eigenvalue weighted by atomic mass is 9.66. The average Bonchev–Trinajstić information content (AvgIpc) is 3.93. The van der Waals surface area contributed by atoms with Crippen molar-refractivity contribution in [3.8, 4) is 67.2 Å². The van der Waals surface area contributed by atoms with Gasteiger partial charge >= 0.3 is 0 Å². The summed E-state index contributed by atoms with van der Waals surface area (Å²) in [6.45, 7) is 0. The van der Waals surface area contributed by atoms with Crippen molar-refractivity contribution in [2.45, 2.75) is 75.0 Å². The van der Waals surface area contributed by atoms with Crippen molar-refractivity contribution in [1.29, 1.82) is 0 Å². The molecule has 2 nitrogen and oxygen atoms in total. The molecule has 2 fully saturated rings. The van der Waals surface area contributed by atoms with Crippen LogP contribution in [-0.4, -0.2) is 9.97 Å². The first-order valence-corrected chi connectivity index (χ1v) is 23.4. The van der Waals surface area contributed by atoms with Gasteiger partial charge in [0.05, 0.1) is 15.9 Å². The SMILES string of the molecule is c1ccc(-c2nc(-c3cccc(-c4cccc(-c5ccc6c(c5)C5(CCCCC5)c5cc7c(cc5-6)C5(CCCCC5)c5ccccc5-7)c4)c3)c3sc4ccccc4c3n2)cc1. The predicted molar refractivity (Wildman–Crippen MR) is 255 cm³/mol. The van der Waals surface area contributed by atoms with Crippen LogP contribution in [0.2, 0.25) is 0 Å². The van der Waals surface area contributed by atoms with Gasteiger partial charge in [0, 0.05) is 32.0 Å². The van der Waals surface area contributed by atoms with E-state index in [9.17, 15) is 0 Å². The standard InChI is InChI=1S/C58H46N2S/c1-4-16-37(17-5-1)56-59-53(55-54(60-56)45-23-7-9-25-52(45)61-55)42-21-15-20-40(33-42)38-18-14-19-39(32-38)41-26-27-44-47-36-50-46(35-51(47)58(49(44)34-41)30-12-3-13-31-58)43-22-6-8-24-48(43)57(50)28-10-2-11-29-57/h1,4-9,14-27,32-36H,2-3,10-13,28-31H2. The molecule has 9 aromatic rings. The molecule has 0 aliphatic heterocycles. The lowest BCUT2D eigenvalue weighted by Crippen LogP contribution is -2.29. The van der Waals surface area contributed by atoms with Crippen molar-refractivity contribution in [2.75, 3.05) is 0 Å². The van der Waals surface area contributed by atoms with Crippen molar-refractivity contribution in [3.63, 3.8) is 0 Å². The van der Waals surface area contributed by atoms with Crippen LogP contribution in [0.5, 0.6) is 0 Å². The average molecular weight is 803 g/mol. The normalized spacial score (nSPS) is 16.8. The Kier molecular flexibility index (Phi) is 7.98. The molecule has 7 aromatic carbocycles. The summed E-state index contributed by atoms with van der Waals surface area (Å²) in [6.07, 6.45) is 12.9.